The zero-order valence-electron chi connectivity index (χ0n) is 20.0. The number of methoxy groups -OCH3 is 2. The molecule has 1 heterocycles. The molecule has 0 bridgehead atoms. The average Bonchev–Trinajstić information content (AvgIpc) is 3.48. The lowest BCUT2D eigenvalue weighted by molar-refractivity contribution is -0.119. The number of carbonyl (C=O) groups excluding carboxylic acids is 1. The van der Waals surface area contributed by atoms with Crippen LogP contribution in [0.4, 0.5) is 10.8 Å². The second kappa shape index (κ2) is 10.3. The van der Waals surface area contributed by atoms with E-state index in [1.807, 2.05) is 38.1 Å². The SMILES string of the molecule is COc1ccc(-c2sc(NC(=O)C3CCCC3)nc2C)cc1NC(C)c1c(O)cccc1OC. The Morgan fingerprint density at radius 3 is 2.59 bits per heavy atom. The summed E-state index contributed by atoms with van der Waals surface area (Å²) in [5.41, 5.74) is 3.28. The second-order valence-corrected chi connectivity index (χ2v) is 9.58. The van der Waals surface area contributed by atoms with Crippen molar-refractivity contribution in [1.82, 2.24) is 4.98 Å². The van der Waals surface area contributed by atoms with E-state index in [4.69, 9.17) is 9.47 Å². The van der Waals surface area contributed by atoms with Gasteiger partial charge in [0.1, 0.15) is 17.2 Å². The number of nitrogens with zero attached hydrogens (tertiary/aromatic N) is 1. The zero-order valence-corrected chi connectivity index (χ0v) is 20.8. The molecule has 34 heavy (non-hydrogen) atoms. The molecular formula is C26H31N3O4S. The number of aryl methyl sites for hydroxylation is 1. The standard InChI is InChI=1S/C26H31N3O4S/c1-15(23-20(30)10-7-11-22(23)33-4)27-19-14-18(12-13-21(19)32-3)24-16(2)28-26(34-24)29-25(31)17-8-5-6-9-17/h7,10-15,17,27,30H,5-6,8-9H2,1-4H3,(H,28,29,31). The molecular weight excluding hydrogens is 450 g/mol. The highest BCUT2D eigenvalue weighted by Crippen LogP contribution is 2.40. The fourth-order valence-corrected chi connectivity index (χ4v) is 5.49. The number of carbonyl (C=O) groups is 1. The van der Waals surface area contributed by atoms with Crippen LogP contribution in [-0.2, 0) is 4.79 Å². The monoisotopic (exact) mass is 481 g/mol. The molecule has 0 aliphatic heterocycles. The summed E-state index contributed by atoms with van der Waals surface area (Å²) in [7, 11) is 3.21. The third kappa shape index (κ3) is 4.97. The first-order chi connectivity index (χ1) is 16.4. The Hall–Kier alpha value is -3.26. The number of benzene rings is 2. The molecule has 3 N–H and O–H groups in total. The molecule has 1 fully saturated rings. The van der Waals surface area contributed by atoms with Gasteiger partial charge in [-0.3, -0.25) is 4.79 Å². The predicted molar refractivity (Wildman–Crippen MR) is 136 cm³/mol. The number of anilines is 2. The van der Waals surface area contributed by atoms with Crippen LogP contribution in [0.1, 0.15) is 49.9 Å². The molecule has 1 atom stereocenters. The van der Waals surface area contributed by atoms with Gasteiger partial charge in [0.15, 0.2) is 5.13 Å². The Bertz CT molecular complexity index is 1170. The topological polar surface area (TPSA) is 92.7 Å². The molecule has 2 aromatic carbocycles. The minimum atomic E-state index is -0.246. The van der Waals surface area contributed by atoms with Gasteiger partial charge in [-0.2, -0.15) is 0 Å². The van der Waals surface area contributed by atoms with Crippen molar-refractivity contribution >= 4 is 28.1 Å². The molecule has 0 saturated heterocycles. The maximum atomic E-state index is 12.5. The van der Waals surface area contributed by atoms with Crippen molar-refractivity contribution in [3.05, 3.63) is 47.7 Å². The molecule has 1 saturated carbocycles. The summed E-state index contributed by atoms with van der Waals surface area (Å²) in [5, 5.41) is 17.5. The molecule has 1 aliphatic carbocycles. The van der Waals surface area contributed by atoms with Gasteiger partial charge in [0.2, 0.25) is 5.91 Å². The molecule has 8 heteroatoms. The van der Waals surface area contributed by atoms with Crippen molar-refractivity contribution in [3.8, 4) is 27.7 Å². The molecule has 1 amide bonds. The van der Waals surface area contributed by atoms with Gasteiger partial charge in [-0.1, -0.05) is 30.2 Å². The van der Waals surface area contributed by atoms with Crippen LogP contribution in [0, 0.1) is 12.8 Å². The number of amides is 1. The van der Waals surface area contributed by atoms with Crippen LogP contribution in [0.15, 0.2) is 36.4 Å². The summed E-state index contributed by atoms with van der Waals surface area (Å²) in [6.45, 7) is 3.90. The lowest BCUT2D eigenvalue weighted by Gasteiger charge is -2.21. The minimum absolute atomic E-state index is 0.0697. The van der Waals surface area contributed by atoms with E-state index in [0.717, 1.165) is 47.5 Å². The minimum Gasteiger partial charge on any atom is -0.507 e. The third-order valence-electron chi connectivity index (χ3n) is 6.28. The second-order valence-electron chi connectivity index (χ2n) is 8.58. The first kappa shape index (κ1) is 23.9. The molecule has 180 valence electrons. The quantitative estimate of drug-likeness (QED) is 0.358. The van der Waals surface area contributed by atoms with Gasteiger partial charge < -0.3 is 25.2 Å². The highest BCUT2D eigenvalue weighted by molar-refractivity contribution is 7.19. The van der Waals surface area contributed by atoms with E-state index in [2.05, 4.69) is 15.6 Å². The van der Waals surface area contributed by atoms with E-state index in [0.29, 0.717) is 22.2 Å². The Labute approximate surface area is 204 Å². The van der Waals surface area contributed by atoms with Gasteiger partial charge in [0.25, 0.3) is 0 Å². The largest absolute Gasteiger partial charge is 0.507 e. The average molecular weight is 482 g/mol. The molecule has 3 aromatic rings. The number of phenolic OH excluding ortho intramolecular Hbond substituents is 1. The van der Waals surface area contributed by atoms with Gasteiger partial charge in [0.05, 0.1) is 42.1 Å². The number of hydrogen-bond donors (Lipinski definition) is 3. The maximum absolute atomic E-state index is 12.5. The van der Waals surface area contributed by atoms with E-state index >= 15 is 0 Å². The lowest BCUT2D eigenvalue weighted by Crippen LogP contribution is -2.20. The highest BCUT2D eigenvalue weighted by atomic mass is 32.1. The Morgan fingerprint density at radius 1 is 1.15 bits per heavy atom. The molecule has 1 aliphatic rings. The molecule has 1 unspecified atom stereocenters. The van der Waals surface area contributed by atoms with Crippen LogP contribution in [0.2, 0.25) is 0 Å². The summed E-state index contributed by atoms with van der Waals surface area (Å²) in [6, 6.07) is 10.9. The number of phenols is 1. The summed E-state index contributed by atoms with van der Waals surface area (Å²) in [6.07, 6.45) is 4.15. The first-order valence-corrected chi connectivity index (χ1v) is 12.3. The van der Waals surface area contributed by atoms with Crippen LogP contribution in [0.25, 0.3) is 10.4 Å². The number of aromatic nitrogens is 1. The predicted octanol–water partition coefficient (Wildman–Crippen LogP) is 6.14. The van der Waals surface area contributed by atoms with Gasteiger partial charge in [-0.25, -0.2) is 4.98 Å². The van der Waals surface area contributed by atoms with Crippen molar-refractivity contribution in [1.29, 1.82) is 0 Å². The zero-order chi connectivity index (χ0) is 24.2. The van der Waals surface area contributed by atoms with Gasteiger partial charge in [0, 0.05) is 5.92 Å². The first-order valence-electron chi connectivity index (χ1n) is 11.5. The highest BCUT2D eigenvalue weighted by Gasteiger charge is 2.24. The van der Waals surface area contributed by atoms with Crippen LogP contribution >= 0.6 is 11.3 Å². The fraction of sp³-hybridized carbons (Fsp3) is 0.385. The van der Waals surface area contributed by atoms with Crippen molar-refractivity contribution in [2.45, 2.75) is 45.6 Å². The summed E-state index contributed by atoms with van der Waals surface area (Å²) < 4.78 is 11.0. The van der Waals surface area contributed by atoms with E-state index in [1.54, 1.807) is 26.4 Å². The molecule has 0 radical (unpaired) electrons. The van der Waals surface area contributed by atoms with Gasteiger partial charge >= 0.3 is 0 Å². The maximum Gasteiger partial charge on any atom is 0.229 e. The van der Waals surface area contributed by atoms with Crippen LogP contribution in [0.5, 0.6) is 17.2 Å². The fourth-order valence-electron chi connectivity index (χ4n) is 4.53. The third-order valence-corrected chi connectivity index (χ3v) is 7.40. The van der Waals surface area contributed by atoms with Crippen LogP contribution in [-0.4, -0.2) is 30.2 Å². The molecule has 4 rings (SSSR count). The lowest BCUT2D eigenvalue weighted by atomic mass is 10.0. The Kier molecular flexibility index (Phi) is 7.26. The molecule has 1 aromatic heterocycles. The van der Waals surface area contributed by atoms with Crippen LogP contribution in [0.3, 0.4) is 0 Å². The number of nitrogens with one attached hydrogen (secondary N) is 2. The van der Waals surface area contributed by atoms with Gasteiger partial charge in [-0.05, 0) is 62.6 Å². The molecule has 7 nitrogen and oxygen atoms in total. The number of ether oxygens (including phenoxy) is 2. The number of thiazole rings is 1. The Balaban J connectivity index is 1.59. The number of hydrogen-bond acceptors (Lipinski definition) is 7. The van der Waals surface area contributed by atoms with Crippen molar-refractivity contribution in [2.24, 2.45) is 5.92 Å². The number of aromatic hydroxyl groups is 1. The van der Waals surface area contributed by atoms with Gasteiger partial charge in [-0.15, -0.1) is 0 Å². The summed E-state index contributed by atoms with van der Waals surface area (Å²) in [4.78, 5) is 18.1. The van der Waals surface area contributed by atoms with Crippen molar-refractivity contribution in [2.75, 3.05) is 24.9 Å². The van der Waals surface area contributed by atoms with E-state index < -0.39 is 0 Å². The van der Waals surface area contributed by atoms with E-state index in [1.165, 1.54) is 11.3 Å². The van der Waals surface area contributed by atoms with E-state index in [9.17, 15) is 9.90 Å². The normalized spacial score (nSPS) is 14.6. The van der Waals surface area contributed by atoms with Crippen molar-refractivity contribution < 1.29 is 19.4 Å². The van der Waals surface area contributed by atoms with E-state index in [-0.39, 0.29) is 23.6 Å². The Morgan fingerprint density at radius 2 is 1.88 bits per heavy atom. The summed E-state index contributed by atoms with van der Waals surface area (Å²) in [5.74, 6) is 1.62. The van der Waals surface area contributed by atoms with Crippen LogP contribution < -0.4 is 20.1 Å². The van der Waals surface area contributed by atoms with Crippen molar-refractivity contribution in [3.63, 3.8) is 0 Å². The number of rotatable bonds is 8. The smallest absolute Gasteiger partial charge is 0.229 e. The summed E-state index contributed by atoms with van der Waals surface area (Å²) >= 11 is 1.47. The molecule has 0 spiro atoms.